The summed E-state index contributed by atoms with van der Waals surface area (Å²) in [5.74, 6) is -0.416. The van der Waals surface area contributed by atoms with Crippen LogP contribution < -0.4 is 16.0 Å². The normalized spacial score (nSPS) is 12.9. The first kappa shape index (κ1) is 27.7. The van der Waals surface area contributed by atoms with Gasteiger partial charge in [-0.25, -0.2) is 4.98 Å². The number of aliphatic hydroxyl groups is 2. The zero-order valence-corrected chi connectivity index (χ0v) is 23.2. The van der Waals surface area contributed by atoms with Crippen molar-refractivity contribution >= 4 is 39.7 Å². The van der Waals surface area contributed by atoms with Gasteiger partial charge in [0.25, 0.3) is 11.8 Å². The number of unbranched alkanes of at least 4 members (excludes halogenated alkanes) is 1. The number of anilines is 1. The van der Waals surface area contributed by atoms with Crippen molar-refractivity contribution in [3.63, 3.8) is 0 Å². The van der Waals surface area contributed by atoms with E-state index in [1.54, 1.807) is 17.6 Å². The van der Waals surface area contributed by atoms with Gasteiger partial charge in [0.2, 0.25) is 0 Å². The summed E-state index contributed by atoms with van der Waals surface area (Å²) in [6, 6.07) is 11.5. The van der Waals surface area contributed by atoms with Gasteiger partial charge < -0.3 is 26.2 Å². The second-order valence-corrected chi connectivity index (χ2v) is 10.8. The lowest BCUT2D eigenvalue weighted by Gasteiger charge is -2.17. The number of benzene rings is 2. The van der Waals surface area contributed by atoms with E-state index in [2.05, 4.69) is 32.8 Å². The zero-order valence-electron chi connectivity index (χ0n) is 22.4. The van der Waals surface area contributed by atoms with Crippen LogP contribution in [0.4, 0.5) is 5.69 Å². The molecule has 4 aromatic rings. The zero-order chi connectivity index (χ0) is 28.1. The van der Waals surface area contributed by atoms with Gasteiger partial charge in [0.1, 0.15) is 10.7 Å². The molecule has 0 radical (unpaired) electrons. The lowest BCUT2D eigenvalue weighted by Crippen LogP contribution is -2.26. The van der Waals surface area contributed by atoms with Crippen molar-refractivity contribution in [2.75, 3.05) is 11.9 Å². The minimum absolute atomic E-state index is 0.0248. The summed E-state index contributed by atoms with van der Waals surface area (Å²) in [5.41, 5.74) is 5.16. The Morgan fingerprint density at radius 1 is 1.05 bits per heavy atom. The number of aliphatic hydroxyl groups excluding tert-OH is 2. The number of rotatable bonds is 12. The van der Waals surface area contributed by atoms with E-state index in [4.69, 9.17) is 0 Å². The van der Waals surface area contributed by atoms with Crippen molar-refractivity contribution in [1.82, 2.24) is 20.6 Å². The highest BCUT2D eigenvalue weighted by molar-refractivity contribution is 7.13. The lowest BCUT2D eigenvalue weighted by molar-refractivity contribution is 0.0942. The molecule has 2 aromatic carbocycles. The van der Waals surface area contributed by atoms with Gasteiger partial charge in [0.15, 0.2) is 0 Å². The summed E-state index contributed by atoms with van der Waals surface area (Å²) >= 11 is 1.33. The number of carbonyl (C=O) groups is 2. The standard InChI is InChI=1S/C30H33N5O4S/c1-2-3-10-31-29(39)26-17-40-30(35-26)22-12-23-25(11-20(22)16-37)32-14-24(28(38)34-21-8-9-21)27(23)33-13-18-4-6-19(15-36)7-5-18/h4-7,11-12,14,17,21,36-37H,2-3,8-10,13,15-16H2,1H3,(H,31,39)(H,32,33)(H,34,38). The Morgan fingerprint density at radius 2 is 1.82 bits per heavy atom. The average molecular weight is 560 g/mol. The number of fused-ring (bicyclic) bond motifs is 1. The van der Waals surface area contributed by atoms with Crippen molar-refractivity contribution in [3.8, 4) is 10.6 Å². The predicted molar refractivity (Wildman–Crippen MR) is 156 cm³/mol. The number of hydrogen-bond acceptors (Lipinski definition) is 8. The van der Waals surface area contributed by atoms with Crippen molar-refractivity contribution in [2.45, 2.75) is 58.4 Å². The molecule has 2 aromatic heterocycles. The molecule has 1 aliphatic rings. The molecule has 0 bridgehead atoms. The van der Waals surface area contributed by atoms with Crippen LogP contribution in [0.15, 0.2) is 48.0 Å². The Balaban J connectivity index is 1.53. The van der Waals surface area contributed by atoms with E-state index in [1.165, 1.54) is 11.3 Å². The summed E-state index contributed by atoms with van der Waals surface area (Å²) < 4.78 is 0. The third-order valence-electron chi connectivity index (χ3n) is 6.88. The summed E-state index contributed by atoms with van der Waals surface area (Å²) in [5, 5.41) is 32.0. The van der Waals surface area contributed by atoms with Crippen LogP contribution in [-0.4, -0.2) is 44.6 Å². The SMILES string of the molecule is CCCCNC(=O)c1csc(-c2cc3c(NCc4ccc(CO)cc4)c(C(=O)NC4CC4)cnc3cc2CO)n1. The second kappa shape index (κ2) is 12.5. The maximum Gasteiger partial charge on any atom is 0.270 e. The number of pyridine rings is 1. The van der Waals surface area contributed by atoms with E-state index in [-0.39, 0.29) is 31.1 Å². The van der Waals surface area contributed by atoms with Crippen LogP contribution in [0.25, 0.3) is 21.5 Å². The summed E-state index contributed by atoms with van der Waals surface area (Å²) in [7, 11) is 0. The predicted octanol–water partition coefficient (Wildman–Crippen LogP) is 4.38. The van der Waals surface area contributed by atoms with Crippen molar-refractivity contribution < 1.29 is 19.8 Å². The highest BCUT2D eigenvalue weighted by Gasteiger charge is 2.26. The molecule has 208 valence electrons. The Morgan fingerprint density at radius 3 is 2.52 bits per heavy atom. The van der Waals surface area contributed by atoms with Gasteiger partial charge >= 0.3 is 0 Å². The number of thiazole rings is 1. The number of nitrogens with zero attached hydrogens (tertiary/aromatic N) is 2. The molecular formula is C30H33N5O4S. The maximum atomic E-state index is 13.2. The van der Waals surface area contributed by atoms with Gasteiger partial charge in [-0.2, -0.15) is 0 Å². The second-order valence-electron chi connectivity index (χ2n) is 9.95. The molecule has 0 spiro atoms. The molecule has 1 fully saturated rings. The lowest BCUT2D eigenvalue weighted by atomic mass is 10.0. The van der Waals surface area contributed by atoms with Crippen LogP contribution in [0.5, 0.6) is 0 Å². The van der Waals surface area contributed by atoms with Gasteiger partial charge in [0.05, 0.1) is 30.0 Å². The number of aromatic nitrogens is 2. The molecule has 5 N–H and O–H groups in total. The van der Waals surface area contributed by atoms with Crippen molar-refractivity contribution in [3.05, 3.63) is 75.9 Å². The molecule has 2 heterocycles. The molecule has 0 unspecified atom stereocenters. The van der Waals surface area contributed by atoms with Crippen LogP contribution in [-0.2, 0) is 19.8 Å². The maximum absolute atomic E-state index is 13.2. The molecule has 2 amide bonds. The van der Waals surface area contributed by atoms with Gasteiger partial charge in [-0.3, -0.25) is 14.6 Å². The summed E-state index contributed by atoms with van der Waals surface area (Å²) in [4.78, 5) is 34.9. The fourth-order valence-electron chi connectivity index (χ4n) is 4.39. The quantitative estimate of drug-likeness (QED) is 0.163. The van der Waals surface area contributed by atoms with E-state index < -0.39 is 0 Å². The summed E-state index contributed by atoms with van der Waals surface area (Å²) in [6.45, 7) is 2.85. The van der Waals surface area contributed by atoms with E-state index in [0.29, 0.717) is 57.1 Å². The van der Waals surface area contributed by atoms with E-state index >= 15 is 0 Å². The average Bonchev–Trinajstić information content (AvgIpc) is 3.66. The largest absolute Gasteiger partial charge is 0.392 e. The van der Waals surface area contributed by atoms with Crippen molar-refractivity contribution in [1.29, 1.82) is 0 Å². The Kier molecular flexibility index (Phi) is 8.69. The van der Waals surface area contributed by atoms with E-state index in [0.717, 1.165) is 36.8 Å². The van der Waals surface area contributed by atoms with Gasteiger partial charge in [0, 0.05) is 41.7 Å². The number of carbonyl (C=O) groups excluding carboxylic acids is 2. The smallest absolute Gasteiger partial charge is 0.270 e. The van der Waals surface area contributed by atoms with Crippen LogP contribution in [0, 0.1) is 0 Å². The van der Waals surface area contributed by atoms with Crippen LogP contribution >= 0.6 is 11.3 Å². The fourth-order valence-corrected chi connectivity index (χ4v) is 5.24. The van der Waals surface area contributed by atoms with Crippen LogP contribution in [0.3, 0.4) is 0 Å². The minimum atomic E-state index is -0.228. The van der Waals surface area contributed by atoms with Gasteiger partial charge in [-0.05, 0) is 48.1 Å². The number of amides is 2. The molecule has 0 saturated heterocycles. The molecule has 5 rings (SSSR count). The van der Waals surface area contributed by atoms with Gasteiger partial charge in [-0.15, -0.1) is 11.3 Å². The third-order valence-corrected chi connectivity index (χ3v) is 7.75. The van der Waals surface area contributed by atoms with Crippen LogP contribution in [0.2, 0.25) is 0 Å². The van der Waals surface area contributed by atoms with E-state index in [9.17, 15) is 19.8 Å². The molecular weight excluding hydrogens is 526 g/mol. The first-order chi connectivity index (χ1) is 19.5. The fraction of sp³-hybridized carbons (Fsp3) is 0.333. The monoisotopic (exact) mass is 559 g/mol. The highest BCUT2D eigenvalue weighted by Crippen LogP contribution is 2.35. The van der Waals surface area contributed by atoms with E-state index in [1.807, 2.05) is 30.3 Å². The molecule has 0 aliphatic heterocycles. The Labute approximate surface area is 236 Å². The Hall–Kier alpha value is -3.86. The molecule has 1 aliphatic carbocycles. The number of hydrogen-bond donors (Lipinski definition) is 5. The van der Waals surface area contributed by atoms with Crippen LogP contribution in [0.1, 0.15) is 70.1 Å². The first-order valence-corrected chi connectivity index (χ1v) is 14.4. The van der Waals surface area contributed by atoms with Crippen molar-refractivity contribution in [2.24, 2.45) is 0 Å². The molecule has 10 heteroatoms. The molecule has 40 heavy (non-hydrogen) atoms. The number of nitrogens with one attached hydrogen (secondary N) is 3. The molecule has 0 atom stereocenters. The Bertz CT molecular complexity index is 1510. The van der Waals surface area contributed by atoms with Gasteiger partial charge in [-0.1, -0.05) is 37.6 Å². The molecule has 1 saturated carbocycles. The highest BCUT2D eigenvalue weighted by atomic mass is 32.1. The summed E-state index contributed by atoms with van der Waals surface area (Å²) in [6.07, 6.45) is 5.39. The third kappa shape index (κ3) is 6.30. The topological polar surface area (TPSA) is 136 Å². The molecule has 9 nitrogen and oxygen atoms in total. The first-order valence-electron chi connectivity index (χ1n) is 13.5. The minimum Gasteiger partial charge on any atom is -0.392 e.